The second-order valence-electron chi connectivity index (χ2n) is 4.46. The Morgan fingerprint density at radius 1 is 1.16 bits per heavy atom. The average molecular weight is 252 g/mol. The normalized spacial score (nSPS) is 11.6. The van der Waals surface area contributed by atoms with E-state index in [1.165, 1.54) is 5.52 Å². The second kappa shape index (κ2) is 5.14. The summed E-state index contributed by atoms with van der Waals surface area (Å²) in [5.74, 6) is 1.81. The number of hydrogen-bond acceptors (Lipinski definition) is 2. The molecule has 0 radical (unpaired) electrons. The number of furan rings is 1. The fourth-order valence-corrected chi connectivity index (χ4v) is 2.22. The van der Waals surface area contributed by atoms with Gasteiger partial charge in [-0.25, -0.2) is 4.98 Å². The van der Waals surface area contributed by atoms with Gasteiger partial charge in [-0.05, 0) is 42.8 Å². The van der Waals surface area contributed by atoms with Gasteiger partial charge >= 0.3 is 0 Å². The summed E-state index contributed by atoms with van der Waals surface area (Å²) in [7, 11) is 0. The van der Waals surface area contributed by atoms with Crippen LogP contribution in [0.5, 0.6) is 0 Å². The number of rotatable bonds is 4. The highest BCUT2D eigenvalue weighted by Crippen LogP contribution is 2.18. The third-order valence-corrected chi connectivity index (χ3v) is 3.07. The molecular formula is C16H16N2O. The van der Waals surface area contributed by atoms with Crippen molar-refractivity contribution in [3.8, 4) is 0 Å². The summed E-state index contributed by atoms with van der Waals surface area (Å²) in [6.07, 6.45) is 6.72. The first-order valence-electron chi connectivity index (χ1n) is 6.55. The zero-order chi connectivity index (χ0) is 13.1. The van der Waals surface area contributed by atoms with Gasteiger partial charge in [-0.3, -0.25) is 0 Å². The molecule has 0 fully saturated rings. The van der Waals surface area contributed by atoms with Crippen LogP contribution < -0.4 is 0 Å². The number of aryl methyl sites for hydroxylation is 1. The first-order chi connectivity index (χ1) is 9.38. The van der Waals surface area contributed by atoms with Crippen LogP contribution in [-0.2, 0) is 6.54 Å². The maximum atomic E-state index is 5.31. The average Bonchev–Trinajstić information content (AvgIpc) is 3.05. The molecule has 0 aliphatic heterocycles. The van der Waals surface area contributed by atoms with Crippen LogP contribution >= 0.6 is 0 Å². The molecule has 0 amide bonds. The molecule has 3 aromatic rings. The molecule has 0 saturated carbocycles. The SMILES string of the molecule is CCCn1c(C=Cc2ccco2)nc2ccccc21. The van der Waals surface area contributed by atoms with E-state index in [0.29, 0.717) is 0 Å². The van der Waals surface area contributed by atoms with E-state index in [1.54, 1.807) is 6.26 Å². The standard InChI is InChI=1S/C16H16N2O/c1-2-11-18-15-8-4-3-7-14(15)17-16(18)10-9-13-6-5-12-19-13/h3-10,12H,2,11H2,1H3. The van der Waals surface area contributed by atoms with Crippen LogP contribution in [0.3, 0.4) is 0 Å². The Morgan fingerprint density at radius 2 is 2.05 bits per heavy atom. The maximum Gasteiger partial charge on any atom is 0.133 e. The zero-order valence-electron chi connectivity index (χ0n) is 10.9. The van der Waals surface area contributed by atoms with Gasteiger partial charge in [0.25, 0.3) is 0 Å². The maximum absolute atomic E-state index is 5.31. The first-order valence-corrected chi connectivity index (χ1v) is 6.55. The zero-order valence-corrected chi connectivity index (χ0v) is 10.9. The van der Waals surface area contributed by atoms with E-state index in [-0.39, 0.29) is 0 Å². The fraction of sp³-hybridized carbons (Fsp3) is 0.188. The number of fused-ring (bicyclic) bond motifs is 1. The fourth-order valence-electron chi connectivity index (χ4n) is 2.22. The van der Waals surface area contributed by atoms with Gasteiger partial charge < -0.3 is 8.98 Å². The minimum atomic E-state index is 0.843. The quantitative estimate of drug-likeness (QED) is 0.696. The van der Waals surface area contributed by atoms with Crippen molar-refractivity contribution in [2.45, 2.75) is 19.9 Å². The van der Waals surface area contributed by atoms with Crippen LogP contribution in [0, 0.1) is 0 Å². The lowest BCUT2D eigenvalue weighted by atomic mass is 10.3. The van der Waals surface area contributed by atoms with Crippen molar-refractivity contribution in [2.24, 2.45) is 0 Å². The second-order valence-corrected chi connectivity index (χ2v) is 4.46. The highest BCUT2D eigenvalue weighted by atomic mass is 16.3. The number of hydrogen-bond donors (Lipinski definition) is 0. The Morgan fingerprint density at radius 3 is 2.84 bits per heavy atom. The smallest absolute Gasteiger partial charge is 0.133 e. The molecule has 2 heterocycles. The van der Waals surface area contributed by atoms with Crippen molar-refractivity contribution in [1.82, 2.24) is 9.55 Å². The van der Waals surface area contributed by atoms with Crippen molar-refractivity contribution < 1.29 is 4.42 Å². The molecule has 0 bridgehead atoms. The van der Waals surface area contributed by atoms with Crippen molar-refractivity contribution in [2.75, 3.05) is 0 Å². The lowest BCUT2D eigenvalue weighted by Gasteiger charge is -2.04. The largest absolute Gasteiger partial charge is 0.465 e. The Hall–Kier alpha value is -2.29. The summed E-state index contributed by atoms with van der Waals surface area (Å²) in [4.78, 5) is 4.67. The van der Waals surface area contributed by atoms with Gasteiger partial charge in [0.05, 0.1) is 17.3 Å². The summed E-state index contributed by atoms with van der Waals surface area (Å²) in [6.45, 7) is 3.15. The summed E-state index contributed by atoms with van der Waals surface area (Å²) in [5.41, 5.74) is 2.22. The van der Waals surface area contributed by atoms with Crippen LogP contribution in [-0.4, -0.2) is 9.55 Å². The molecule has 0 spiro atoms. The molecule has 3 nitrogen and oxygen atoms in total. The van der Waals surface area contributed by atoms with Crippen molar-refractivity contribution in [3.63, 3.8) is 0 Å². The number of benzene rings is 1. The number of para-hydroxylation sites is 2. The number of nitrogens with zero attached hydrogens (tertiary/aromatic N) is 2. The Bertz CT molecular complexity index is 693. The molecule has 3 heteroatoms. The molecule has 0 N–H and O–H groups in total. The van der Waals surface area contributed by atoms with E-state index in [9.17, 15) is 0 Å². The number of aromatic nitrogens is 2. The molecule has 0 aliphatic rings. The van der Waals surface area contributed by atoms with Gasteiger partial charge in [0, 0.05) is 6.54 Å². The Balaban J connectivity index is 2.04. The Kier molecular flexibility index (Phi) is 3.19. The van der Waals surface area contributed by atoms with E-state index >= 15 is 0 Å². The minimum Gasteiger partial charge on any atom is -0.465 e. The molecule has 0 aliphatic carbocycles. The predicted molar refractivity (Wildman–Crippen MR) is 77.7 cm³/mol. The summed E-state index contributed by atoms with van der Waals surface area (Å²) >= 11 is 0. The molecule has 96 valence electrons. The molecular weight excluding hydrogens is 236 g/mol. The van der Waals surface area contributed by atoms with Crippen LogP contribution in [0.2, 0.25) is 0 Å². The highest BCUT2D eigenvalue weighted by Gasteiger charge is 2.06. The van der Waals surface area contributed by atoms with Crippen LogP contribution in [0.1, 0.15) is 24.9 Å². The molecule has 1 aromatic carbocycles. The highest BCUT2D eigenvalue weighted by molar-refractivity contribution is 5.79. The topological polar surface area (TPSA) is 31.0 Å². The molecule has 0 saturated heterocycles. The van der Waals surface area contributed by atoms with Crippen molar-refractivity contribution in [1.29, 1.82) is 0 Å². The van der Waals surface area contributed by atoms with E-state index in [0.717, 1.165) is 30.1 Å². The van der Waals surface area contributed by atoms with Crippen molar-refractivity contribution >= 4 is 23.2 Å². The van der Waals surface area contributed by atoms with Gasteiger partial charge in [0.15, 0.2) is 0 Å². The first kappa shape index (κ1) is 11.8. The van der Waals surface area contributed by atoms with Gasteiger partial charge in [-0.2, -0.15) is 0 Å². The van der Waals surface area contributed by atoms with Gasteiger partial charge in [-0.15, -0.1) is 0 Å². The minimum absolute atomic E-state index is 0.843. The van der Waals surface area contributed by atoms with Gasteiger partial charge in [0.1, 0.15) is 11.6 Å². The van der Waals surface area contributed by atoms with E-state index in [1.807, 2.05) is 36.4 Å². The van der Waals surface area contributed by atoms with Crippen LogP contribution in [0.15, 0.2) is 47.1 Å². The molecule has 0 unspecified atom stereocenters. The third-order valence-electron chi connectivity index (χ3n) is 3.07. The lowest BCUT2D eigenvalue weighted by molar-refractivity contribution is 0.557. The van der Waals surface area contributed by atoms with E-state index < -0.39 is 0 Å². The Labute approximate surface area is 112 Å². The summed E-state index contributed by atoms with van der Waals surface area (Å²) in [6, 6.07) is 12.0. The summed E-state index contributed by atoms with van der Waals surface area (Å²) < 4.78 is 7.55. The monoisotopic (exact) mass is 252 g/mol. The van der Waals surface area contributed by atoms with Crippen molar-refractivity contribution in [3.05, 3.63) is 54.2 Å². The molecule has 3 rings (SSSR count). The van der Waals surface area contributed by atoms with Gasteiger partial charge in [-0.1, -0.05) is 19.1 Å². The predicted octanol–water partition coefficient (Wildman–Crippen LogP) is 4.21. The van der Waals surface area contributed by atoms with Crippen LogP contribution in [0.4, 0.5) is 0 Å². The van der Waals surface area contributed by atoms with Gasteiger partial charge in [0.2, 0.25) is 0 Å². The van der Waals surface area contributed by atoms with E-state index in [2.05, 4.69) is 28.6 Å². The molecule has 2 aromatic heterocycles. The summed E-state index contributed by atoms with van der Waals surface area (Å²) in [5, 5.41) is 0. The third kappa shape index (κ3) is 2.32. The molecule has 0 atom stereocenters. The van der Waals surface area contributed by atoms with Crippen LogP contribution in [0.25, 0.3) is 23.2 Å². The molecule has 19 heavy (non-hydrogen) atoms. The number of imidazole rings is 1. The van der Waals surface area contributed by atoms with E-state index in [4.69, 9.17) is 4.42 Å². The lowest BCUT2D eigenvalue weighted by Crippen LogP contribution is -1.99.